The van der Waals surface area contributed by atoms with E-state index in [2.05, 4.69) is 9.88 Å². The zero-order valence-corrected chi connectivity index (χ0v) is 17.7. The van der Waals surface area contributed by atoms with Crippen molar-refractivity contribution in [2.75, 3.05) is 6.54 Å². The lowest BCUT2D eigenvalue weighted by atomic mass is 10.1. The van der Waals surface area contributed by atoms with E-state index in [9.17, 15) is 0 Å². The highest BCUT2D eigenvalue weighted by molar-refractivity contribution is 6.35. The summed E-state index contributed by atoms with van der Waals surface area (Å²) in [6.45, 7) is 2.45. The Bertz CT molecular complexity index is 1190. The molecular formula is C24H19Cl2N3O. The SMILES string of the molecule is Clc1ccc(Cl)c(-c2ccc(CN3CCc4nc(-c5ccccc5)ncc4C3)o2)c1. The zero-order valence-electron chi connectivity index (χ0n) is 16.2. The fraction of sp³-hybridized carbons (Fsp3) is 0.167. The summed E-state index contributed by atoms with van der Waals surface area (Å²) < 4.78 is 6.06. The van der Waals surface area contributed by atoms with Gasteiger partial charge in [-0.3, -0.25) is 4.90 Å². The van der Waals surface area contributed by atoms with Crippen molar-refractivity contribution in [1.29, 1.82) is 0 Å². The lowest BCUT2D eigenvalue weighted by molar-refractivity contribution is 0.224. The van der Waals surface area contributed by atoms with E-state index in [0.29, 0.717) is 10.0 Å². The molecule has 30 heavy (non-hydrogen) atoms. The first-order chi connectivity index (χ1) is 14.7. The predicted molar refractivity (Wildman–Crippen MR) is 119 cm³/mol. The van der Waals surface area contributed by atoms with E-state index >= 15 is 0 Å². The minimum atomic E-state index is 0.624. The predicted octanol–water partition coefficient (Wildman–Crippen LogP) is 6.27. The van der Waals surface area contributed by atoms with Gasteiger partial charge in [-0.2, -0.15) is 0 Å². The van der Waals surface area contributed by atoms with Gasteiger partial charge in [0.25, 0.3) is 0 Å². The van der Waals surface area contributed by atoms with Crippen LogP contribution in [0.3, 0.4) is 0 Å². The Balaban J connectivity index is 1.30. The normalized spacial score (nSPS) is 13.9. The van der Waals surface area contributed by atoms with Crippen molar-refractivity contribution < 1.29 is 4.42 Å². The number of halogens is 2. The summed E-state index contributed by atoms with van der Waals surface area (Å²) in [5.41, 5.74) is 4.16. The lowest BCUT2D eigenvalue weighted by Gasteiger charge is -2.27. The molecule has 2 aromatic carbocycles. The Labute approximate surface area is 185 Å². The molecule has 4 nitrogen and oxygen atoms in total. The maximum absolute atomic E-state index is 6.30. The van der Waals surface area contributed by atoms with E-state index in [4.69, 9.17) is 32.6 Å². The molecule has 0 atom stereocenters. The summed E-state index contributed by atoms with van der Waals surface area (Å²) in [6, 6.07) is 19.4. The van der Waals surface area contributed by atoms with Gasteiger partial charge in [0, 0.05) is 47.4 Å². The Morgan fingerprint density at radius 3 is 2.73 bits per heavy atom. The van der Waals surface area contributed by atoms with Crippen LogP contribution >= 0.6 is 23.2 Å². The third kappa shape index (κ3) is 3.99. The molecule has 0 saturated heterocycles. The van der Waals surface area contributed by atoms with Crippen LogP contribution in [-0.4, -0.2) is 21.4 Å². The molecule has 0 bridgehead atoms. The van der Waals surface area contributed by atoms with Crippen molar-refractivity contribution in [3.05, 3.63) is 93.9 Å². The Morgan fingerprint density at radius 1 is 1.00 bits per heavy atom. The van der Waals surface area contributed by atoms with Crippen LogP contribution in [0.15, 0.2) is 71.3 Å². The Hall–Kier alpha value is -2.66. The second kappa shape index (κ2) is 8.23. The maximum Gasteiger partial charge on any atom is 0.159 e. The van der Waals surface area contributed by atoms with Crippen LogP contribution in [0.25, 0.3) is 22.7 Å². The number of furan rings is 1. The monoisotopic (exact) mass is 435 g/mol. The molecule has 0 aliphatic carbocycles. The van der Waals surface area contributed by atoms with Crippen LogP contribution in [0, 0.1) is 0 Å². The molecule has 4 aromatic rings. The zero-order chi connectivity index (χ0) is 20.5. The molecule has 2 aromatic heterocycles. The highest BCUT2D eigenvalue weighted by Gasteiger charge is 2.20. The van der Waals surface area contributed by atoms with Gasteiger partial charge in [0.1, 0.15) is 11.5 Å². The first kappa shape index (κ1) is 19.3. The average molecular weight is 436 g/mol. The molecule has 0 radical (unpaired) electrons. The van der Waals surface area contributed by atoms with Crippen molar-refractivity contribution in [2.45, 2.75) is 19.5 Å². The van der Waals surface area contributed by atoms with Gasteiger partial charge in [0.05, 0.1) is 17.3 Å². The van der Waals surface area contributed by atoms with Gasteiger partial charge >= 0.3 is 0 Å². The lowest BCUT2D eigenvalue weighted by Crippen LogP contribution is -2.30. The van der Waals surface area contributed by atoms with Crippen molar-refractivity contribution in [2.24, 2.45) is 0 Å². The number of aromatic nitrogens is 2. The smallest absolute Gasteiger partial charge is 0.159 e. The van der Waals surface area contributed by atoms with E-state index in [1.165, 1.54) is 5.56 Å². The summed E-state index contributed by atoms with van der Waals surface area (Å²) in [6.07, 6.45) is 2.85. The second-order valence-electron chi connectivity index (χ2n) is 7.38. The largest absolute Gasteiger partial charge is 0.460 e. The van der Waals surface area contributed by atoms with Gasteiger partial charge in [0.2, 0.25) is 0 Å². The molecule has 6 heteroatoms. The number of hydrogen-bond acceptors (Lipinski definition) is 4. The number of fused-ring (bicyclic) bond motifs is 1. The van der Waals surface area contributed by atoms with Gasteiger partial charge in [-0.15, -0.1) is 0 Å². The second-order valence-corrected chi connectivity index (χ2v) is 8.23. The third-order valence-corrected chi connectivity index (χ3v) is 5.84. The molecular weight excluding hydrogens is 417 g/mol. The van der Waals surface area contributed by atoms with Crippen LogP contribution in [0.4, 0.5) is 0 Å². The van der Waals surface area contributed by atoms with Crippen molar-refractivity contribution >= 4 is 23.2 Å². The van der Waals surface area contributed by atoms with E-state index in [0.717, 1.165) is 60.2 Å². The molecule has 0 amide bonds. The molecule has 0 spiro atoms. The molecule has 0 saturated carbocycles. The molecule has 0 fully saturated rings. The minimum absolute atomic E-state index is 0.624. The number of benzene rings is 2. The van der Waals surface area contributed by atoms with Gasteiger partial charge < -0.3 is 4.42 Å². The molecule has 1 aliphatic heterocycles. The summed E-state index contributed by atoms with van der Waals surface area (Å²) in [4.78, 5) is 11.7. The highest BCUT2D eigenvalue weighted by Crippen LogP contribution is 2.32. The summed E-state index contributed by atoms with van der Waals surface area (Å²) in [5, 5.41) is 1.26. The van der Waals surface area contributed by atoms with E-state index < -0.39 is 0 Å². The Kier molecular flexibility index (Phi) is 5.30. The van der Waals surface area contributed by atoms with Crippen molar-refractivity contribution in [3.8, 4) is 22.7 Å². The van der Waals surface area contributed by atoms with Crippen LogP contribution in [-0.2, 0) is 19.5 Å². The van der Waals surface area contributed by atoms with Crippen LogP contribution in [0.5, 0.6) is 0 Å². The van der Waals surface area contributed by atoms with Crippen molar-refractivity contribution in [3.63, 3.8) is 0 Å². The van der Waals surface area contributed by atoms with Crippen LogP contribution in [0.2, 0.25) is 10.0 Å². The summed E-state index contributed by atoms with van der Waals surface area (Å²) in [7, 11) is 0. The highest BCUT2D eigenvalue weighted by atomic mass is 35.5. The first-order valence-electron chi connectivity index (χ1n) is 9.82. The quantitative estimate of drug-likeness (QED) is 0.378. The summed E-state index contributed by atoms with van der Waals surface area (Å²) in [5.74, 6) is 2.41. The molecule has 150 valence electrons. The number of hydrogen-bond donors (Lipinski definition) is 0. The Morgan fingerprint density at radius 2 is 1.87 bits per heavy atom. The van der Waals surface area contributed by atoms with E-state index in [1.807, 2.05) is 54.7 Å². The maximum atomic E-state index is 6.30. The standard InChI is InChI=1S/C24H19Cl2N3O/c25-18-6-8-21(26)20(12-18)23-9-7-19(30-23)15-29-11-10-22-17(14-29)13-27-24(28-22)16-4-2-1-3-5-16/h1-9,12-13H,10-11,14-15H2. The third-order valence-electron chi connectivity index (χ3n) is 5.28. The number of nitrogens with zero attached hydrogens (tertiary/aromatic N) is 3. The average Bonchev–Trinajstić information content (AvgIpc) is 3.24. The van der Waals surface area contributed by atoms with E-state index in [1.54, 1.807) is 12.1 Å². The topological polar surface area (TPSA) is 42.2 Å². The van der Waals surface area contributed by atoms with Crippen LogP contribution < -0.4 is 0 Å². The fourth-order valence-corrected chi connectivity index (χ4v) is 4.13. The fourth-order valence-electron chi connectivity index (χ4n) is 3.75. The molecule has 3 heterocycles. The molecule has 0 N–H and O–H groups in total. The van der Waals surface area contributed by atoms with E-state index in [-0.39, 0.29) is 0 Å². The van der Waals surface area contributed by atoms with Gasteiger partial charge in [-0.25, -0.2) is 9.97 Å². The summed E-state index contributed by atoms with van der Waals surface area (Å²) >= 11 is 12.4. The van der Waals surface area contributed by atoms with Crippen molar-refractivity contribution in [1.82, 2.24) is 14.9 Å². The molecule has 0 unspecified atom stereocenters. The van der Waals surface area contributed by atoms with Crippen LogP contribution in [0.1, 0.15) is 17.0 Å². The van der Waals surface area contributed by atoms with Gasteiger partial charge in [-0.1, -0.05) is 53.5 Å². The van der Waals surface area contributed by atoms with Gasteiger partial charge in [0.15, 0.2) is 5.82 Å². The molecule has 5 rings (SSSR count). The molecule has 1 aliphatic rings. The first-order valence-corrected chi connectivity index (χ1v) is 10.6. The number of rotatable bonds is 4. The van der Waals surface area contributed by atoms with Gasteiger partial charge in [-0.05, 0) is 30.3 Å². The minimum Gasteiger partial charge on any atom is -0.460 e.